The molecule has 1 amide bonds. The van der Waals surface area contributed by atoms with Crippen LogP contribution in [0.5, 0.6) is 5.88 Å². The monoisotopic (exact) mass is 424 g/mol. The molecule has 2 heterocycles. The Labute approximate surface area is 177 Å². The summed E-state index contributed by atoms with van der Waals surface area (Å²) in [6.45, 7) is 2.97. The quantitative estimate of drug-likeness (QED) is 0.677. The lowest BCUT2D eigenvalue weighted by Crippen LogP contribution is -2.36. The normalized spacial score (nSPS) is 13.7. The van der Waals surface area contributed by atoms with Crippen molar-refractivity contribution in [2.24, 2.45) is 0 Å². The summed E-state index contributed by atoms with van der Waals surface area (Å²) in [7, 11) is 1.36. The number of benzene rings is 2. The molecule has 9 heteroatoms. The maximum Gasteiger partial charge on any atom is 0.280 e. The first-order valence-corrected chi connectivity index (χ1v) is 9.73. The van der Waals surface area contributed by atoms with Gasteiger partial charge in [0.1, 0.15) is 5.82 Å². The van der Waals surface area contributed by atoms with Crippen LogP contribution < -0.4 is 20.4 Å². The number of hydrogen-bond acceptors (Lipinski definition) is 6. The minimum absolute atomic E-state index is 0.0852. The lowest BCUT2D eigenvalue weighted by molar-refractivity contribution is 0.101. The summed E-state index contributed by atoms with van der Waals surface area (Å²) in [5, 5.41) is 6.80. The standard InChI is InChI=1S/C22H21FN4O4/c1-30-20-14-19(28)21(25-27(20)18-4-2-3-15(23)13-18)22(29)24-16-5-7-17(8-6-16)26-9-11-31-12-10-26/h2-8,13-14H,9-12H2,1H3,(H,24,29). The Bertz CT molecular complexity index is 1140. The van der Waals surface area contributed by atoms with E-state index < -0.39 is 17.2 Å². The number of amides is 1. The van der Waals surface area contributed by atoms with E-state index in [0.29, 0.717) is 24.6 Å². The molecule has 0 unspecified atom stereocenters. The summed E-state index contributed by atoms with van der Waals surface area (Å²) >= 11 is 0. The van der Waals surface area contributed by atoms with Crippen LogP contribution in [0.1, 0.15) is 10.5 Å². The van der Waals surface area contributed by atoms with E-state index in [1.54, 1.807) is 18.2 Å². The van der Waals surface area contributed by atoms with Gasteiger partial charge in [0.15, 0.2) is 5.69 Å². The average molecular weight is 424 g/mol. The second-order valence-electron chi connectivity index (χ2n) is 6.89. The van der Waals surface area contributed by atoms with Gasteiger partial charge in [-0.3, -0.25) is 9.59 Å². The highest BCUT2D eigenvalue weighted by molar-refractivity contribution is 6.02. The number of carbonyl (C=O) groups is 1. The Morgan fingerprint density at radius 3 is 2.52 bits per heavy atom. The van der Waals surface area contributed by atoms with E-state index in [2.05, 4.69) is 15.3 Å². The first-order valence-electron chi connectivity index (χ1n) is 9.73. The van der Waals surface area contributed by atoms with Gasteiger partial charge < -0.3 is 19.7 Å². The molecule has 0 atom stereocenters. The lowest BCUT2D eigenvalue weighted by Gasteiger charge is -2.28. The Morgan fingerprint density at radius 2 is 1.84 bits per heavy atom. The molecule has 3 aromatic rings. The Kier molecular flexibility index (Phi) is 5.94. The minimum Gasteiger partial charge on any atom is -0.481 e. The van der Waals surface area contributed by atoms with E-state index in [9.17, 15) is 14.0 Å². The highest BCUT2D eigenvalue weighted by Gasteiger charge is 2.18. The number of morpholine rings is 1. The van der Waals surface area contributed by atoms with Crippen molar-refractivity contribution in [1.29, 1.82) is 0 Å². The zero-order valence-electron chi connectivity index (χ0n) is 16.9. The summed E-state index contributed by atoms with van der Waals surface area (Å²) in [6, 6.07) is 14.1. The van der Waals surface area contributed by atoms with Crippen molar-refractivity contribution in [2.45, 2.75) is 0 Å². The number of aromatic nitrogens is 2. The number of carbonyl (C=O) groups excluding carboxylic acids is 1. The van der Waals surface area contributed by atoms with Gasteiger partial charge in [0.2, 0.25) is 11.3 Å². The molecule has 0 spiro atoms. The van der Waals surface area contributed by atoms with E-state index >= 15 is 0 Å². The summed E-state index contributed by atoms with van der Waals surface area (Å²) in [4.78, 5) is 27.4. The van der Waals surface area contributed by atoms with Gasteiger partial charge in [0.05, 0.1) is 32.1 Å². The third-order valence-corrected chi connectivity index (χ3v) is 4.88. The van der Waals surface area contributed by atoms with E-state index in [1.165, 1.54) is 30.0 Å². The van der Waals surface area contributed by atoms with Crippen LogP contribution in [0.3, 0.4) is 0 Å². The lowest BCUT2D eigenvalue weighted by atomic mass is 10.2. The zero-order chi connectivity index (χ0) is 21.8. The molecule has 31 heavy (non-hydrogen) atoms. The second-order valence-corrected chi connectivity index (χ2v) is 6.89. The van der Waals surface area contributed by atoms with E-state index in [0.717, 1.165) is 24.8 Å². The molecule has 0 saturated carbocycles. The van der Waals surface area contributed by atoms with Crippen LogP contribution in [0.4, 0.5) is 15.8 Å². The van der Waals surface area contributed by atoms with Gasteiger partial charge in [-0.2, -0.15) is 5.10 Å². The topological polar surface area (TPSA) is 85.7 Å². The maximum atomic E-state index is 13.6. The number of methoxy groups -OCH3 is 1. The van der Waals surface area contributed by atoms with Gasteiger partial charge in [-0.25, -0.2) is 9.07 Å². The summed E-state index contributed by atoms with van der Waals surface area (Å²) < 4.78 is 25.4. The van der Waals surface area contributed by atoms with Crippen LogP contribution >= 0.6 is 0 Å². The van der Waals surface area contributed by atoms with Crippen LogP contribution in [0.15, 0.2) is 59.4 Å². The van der Waals surface area contributed by atoms with E-state index in [-0.39, 0.29) is 11.6 Å². The van der Waals surface area contributed by atoms with Crippen molar-refractivity contribution in [3.63, 3.8) is 0 Å². The number of hydrogen-bond donors (Lipinski definition) is 1. The number of ether oxygens (including phenoxy) is 2. The molecule has 0 bridgehead atoms. The highest BCUT2D eigenvalue weighted by Crippen LogP contribution is 2.20. The zero-order valence-corrected chi connectivity index (χ0v) is 16.9. The molecule has 8 nitrogen and oxygen atoms in total. The molecule has 1 aliphatic rings. The third kappa shape index (κ3) is 4.56. The average Bonchev–Trinajstić information content (AvgIpc) is 2.79. The summed E-state index contributed by atoms with van der Waals surface area (Å²) in [5.41, 5.74) is 0.934. The molecule has 4 rings (SSSR count). The second kappa shape index (κ2) is 8.97. The highest BCUT2D eigenvalue weighted by atomic mass is 19.1. The van der Waals surface area contributed by atoms with Crippen LogP contribution in [-0.2, 0) is 4.74 Å². The van der Waals surface area contributed by atoms with Gasteiger partial charge in [0.25, 0.3) is 5.91 Å². The van der Waals surface area contributed by atoms with Gasteiger partial charge in [-0.1, -0.05) is 6.07 Å². The first-order chi connectivity index (χ1) is 15.0. The molecule has 1 fully saturated rings. The molecule has 1 aliphatic heterocycles. The fourth-order valence-corrected chi connectivity index (χ4v) is 3.30. The predicted octanol–water partition coefficient (Wildman–Crippen LogP) is 2.47. The number of nitrogens with one attached hydrogen (secondary N) is 1. The number of anilines is 2. The fourth-order valence-electron chi connectivity index (χ4n) is 3.30. The third-order valence-electron chi connectivity index (χ3n) is 4.88. The fraction of sp³-hybridized carbons (Fsp3) is 0.227. The molecule has 0 radical (unpaired) electrons. The Morgan fingerprint density at radius 1 is 1.10 bits per heavy atom. The van der Waals surface area contributed by atoms with E-state index in [1.807, 2.05) is 12.1 Å². The molecule has 0 aliphatic carbocycles. The maximum absolute atomic E-state index is 13.6. The largest absolute Gasteiger partial charge is 0.481 e. The summed E-state index contributed by atoms with van der Waals surface area (Å²) in [5.74, 6) is -1.06. The summed E-state index contributed by atoms with van der Waals surface area (Å²) in [6.07, 6.45) is 0. The Hall–Kier alpha value is -3.72. The molecule has 2 aromatic carbocycles. The molecule has 1 saturated heterocycles. The molecule has 160 valence electrons. The van der Waals surface area contributed by atoms with Crippen molar-refractivity contribution in [3.05, 3.63) is 76.3 Å². The van der Waals surface area contributed by atoms with Gasteiger partial charge in [-0.15, -0.1) is 0 Å². The number of halogens is 1. The smallest absolute Gasteiger partial charge is 0.280 e. The van der Waals surface area contributed by atoms with Crippen molar-refractivity contribution < 1.29 is 18.7 Å². The van der Waals surface area contributed by atoms with Crippen LogP contribution in [0.25, 0.3) is 5.69 Å². The van der Waals surface area contributed by atoms with Crippen molar-refractivity contribution in [2.75, 3.05) is 43.6 Å². The molecule has 1 N–H and O–H groups in total. The molecular weight excluding hydrogens is 403 g/mol. The van der Waals surface area contributed by atoms with Crippen molar-refractivity contribution in [1.82, 2.24) is 9.78 Å². The molecule has 1 aromatic heterocycles. The SMILES string of the molecule is COc1cc(=O)c(C(=O)Nc2ccc(N3CCOCC3)cc2)nn1-c1cccc(F)c1. The van der Waals surface area contributed by atoms with Gasteiger partial charge in [-0.05, 0) is 42.5 Å². The van der Waals surface area contributed by atoms with Crippen molar-refractivity contribution in [3.8, 4) is 11.6 Å². The van der Waals surface area contributed by atoms with Crippen LogP contribution in [0, 0.1) is 5.82 Å². The van der Waals surface area contributed by atoms with Crippen LogP contribution in [-0.4, -0.2) is 49.1 Å². The van der Waals surface area contributed by atoms with Gasteiger partial charge in [0, 0.05) is 24.5 Å². The predicted molar refractivity (Wildman–Crippen MR) is 114 cm³/mol. The number of rotatable bonds is 5. The first kappa shape index (κ1) is 20.5. The van der Waals surface area contributed by atoms with Crippen molar-refractivity contribution >= 4 is 17.3 Å². The van der Waals surface area contributed by atoms with E-state index in [4.69, 9.17) is 9.47 Å². The number of nitrogens with zero attached hydrogens (tertiary/aromatic N) is 3. The minimum atomic E-state index is -0.670. The van der Waals surface area contributed by atoms with Gasteiger partial charge >= 0.3 is 0 Å². The van der Waals surface area contributed by atoms with Crippen LogP contribution in [0.2, 0.25) is 0 Å². The Balaban J connectivity index is 1.58. The molecular formula is C22H21FN4O4.